The van der Waals surface area contributed by atoms with E-state index in [0.29, 0.717) is 19.3 Å². The molecule has 290 valence electrons. The molecule has 0 radical (unpaired) electrons. The largest absolute Gasteiger partial charge is 0.469 e. The topological polar surface area (TPSA) is 140 Å². The number of carbonyl (C=O) groups is 2. The van der Waals surface area contributed by atoms with Crippen molar-refractivity contribution in [2.24, 2.45) is 5.92 Å². The monoisotopic (exact) mass is 726 g/mol. The van der Waals surface area contributed by atoms with Crippen LogP contribution in [0.2, 0.25) is 0 Å². The Bertz CT molecular complexity index is 985. The molecular formula is C40H71O9P. The van der Waals surface area contributed by atoms with E-state index < -0.39 is 38.6 Å². The summed E-state index contributed by atoms with van der Waals surface area (Å²) in [6, 6.07) is 0. The van der Waals surface area contributed by atoms with Crippen LogP contribution in [0.3, 0.4) is 0 Å². The first kappa shape index (κ1) is 48.0. The van der Waals surface area contributed by atoms with E-state index in [9.17, 15) is 19.3 Å². The molecule has 0 aromatic carbocycles. The number of allylic oxidation sites excluding steroid dienone is 7. The van der Waals surface area contributed by atoms with Crippen LogP contribution in [0.25, 0.3) is 0 Å². The summed E-state index contributed by atoms with van der Waals surface area (Å²) >= 11 is 0. The van der Waals surface area contributed by atoms with Gasteiger partial charge in [-0.2, -0.15) is 0 Å². The highest BCUT2D eigenvalue weighted by Gasteiger charge is 2.23. The minimum Gasteiger partial charge on any atom is -0.462 e. The van der Waals surface area contributed by atoms with Crippen LogP contribution in [-0.4, -0.2) is 52.3 Å². The number of rotatable bonds is 34. The van der Waals surface area contributed by atoms with Gasteiger partial charge in [-0.3, -0.25) is 14.1 Å². The van der Waals surface area contributed by atoms with Gasteiger partial charge in [0.25, 0.3) is 0 Å². The summed E-state index contributed by atoms with van der Waals surface area (Å²) < 4.78 is 26.2. The molecule has 0 saturated heterocycles. The molecule has 3 atom stereocenters. The standard InChI is InChI=1S/C40H71O9P/c1-4-6-7-8-9-10-11-12-13-17-20-23-26-30-37(41)31-28-33-39(42)47-34-38(35-48-50(44,45)46)49-40(43)32-27-24-21-18-15-14-16-19-22-25-29-36(3)5-2/h9-10,12-13,20,23,26,30,36-38,41H,4-8,11,14-19,21-22,24-25,27-29,31-35H2,1-3H3,(H2,44,45,46)/b10-9-,13-12-,23-20-,30-26+/t36?,37-,38-/m1/s1. The number of phosphoric ester groups is 1. The zero-order chi connectivity index (χ0) is 37.1. The van der Waals surface area contributed by atoms with Gasteiger partial charge in [0, 0.05) is 12.8 Å². The van der Waals surface area contributed by atoms with Gasteiger partial charge >= 0.3 is 19.8 Å². The van der Waals surface area contributed by atoms with Gasteiger partial charge in [0.15, 0.2) is 6.10 Å². The summed E-state index contributed by atoms with van der Waals surface area (Å²) in [5.74, 6) is -0.252. The molecule has 10 heteroatoms. The lowest BCUT2D eigenvalue weighted by atomic mass is 9.99. The van der Waals surface area contributed by atoms with Crippen molar-refractivity contribution < 1.29 is 43.0 Å². The normalized spacial score (nSPS) is 14.3. The van der Waals surface area contributed by atoms with Crippen molar-refractivity contribution in [1.82, 2.24) is 0 Å². The van der Waals surface area contributed by atoms with Gasteiger partial charge in [0.05, 0.1) is 12.7 Å². The van der Waals surface area contributed by atoms with Crippen LogP contribution in [0.15, 0.2) is 48.6 Å². The van der Waals surface area contributed by atoms with Gasteiger partial charge in [-0.1, -0.05) is 153 Å². The Morgan fingerprint density at radius 2 is 1.28 bits per heavy atom. The van der Waals surface area contributed by atoms with Crippen LogP contribution in [0.5, 0.6) is 0 Å². The number of aliphatic hydroxyl groups is 1. The molecule has 0 fully saturated rings. The SMILES string of the molecule is CCCCC/C=C\C/C=C\C/C=C\C=C\[C@@H](O)CCCC(=O)OC[C@H](COP(=O)(O)O)OC(=O)CCCCCCCCCCCCC(C)CC. The fraction of sp³-hybridized carbons (Fsp3) is 0.750. The highest BCUT2D eigenvalue weighted by Crippen LogP contribution is 2.36. The molecule has 1 unspecified atom stereocenters. The summed E-state index contributed by atoms with van der Waals surface area (Å²) in [7, 11) is -4.80. The third-order valence-electron chi connectivity index (χ3n) is 8.49. The van der Waals surface area contributed by atoms with E-state index in [1.54, 1.807) is 12.2 Å². The molecule has 0 heterocycles. The lowest BCUT2D eigenvalue weighted by Crippen LogP contribution is -2.29. The van der Waals surface area contributed by atoms with Crippen molar-refractivity contribution in [3.8, 4) is 0 Å². The number of esters is 2. The van der Waals surface area contributed by atoms with Gasteiger partial charge in [-0.25, -0.2) is 4.57 Å². The van der Waals surface area contributed by atoms with Crippen LogP contribution >= 0.6 is 7.82 Å². The van der Waals surface area contributed by atoms with E-state index in [1.165, 1.54) is 70.6 Å². The third-order valence-corrected chi connectivity index (χ3v) is 8.98. The number of aliphatic hydroxyl groups excluding tert-OH is 1. The number of hydrogen-bond acceptors (Lipinski definition) is 7. The summed E-state index contributed by atoms with van der Waals surface area (Å²) in [5, 5.41) is 10.2. The first-order valence-corrected chi connectivity index (χ1v) is 21.0. The maximum absolute atomic E-state index is 12.4. The van der Waals surface area contributed by atoms with E-state index in [4.69, 9.17) is 19.3 Å². The maximum atomic E-state index is 12.4. The van der Waals surface area contributed by atoms with Crippen molar-refractivity contribution in [1.29, 1.82) is 0 Å². The minimum absolute atomic E-state index is 0.0385. The van der Waals surface area contributed by atoms with Crippen molar-refractivity contribution in [2.45, 2.75) is 174 Å². The van der Waals surface area contributed by atoms with Crippen LogP contribution in [0.1, 0.15) is 162 Å². The summed E-state index contributed by atoms with van der Waals surface area (Å²) in [5.41, 5.74) is 0. The number of hydrogen-bond donors (Lipinski definition) is 3. The lowest BCUT2D eigenvalue weighted by molar-refractivity contribution is -0.161. The summed E-state index contributed by atoms with van der Waals surface area (Å²) in [6.45, 7) is 5.81. The molecule has 0 aromatic rings. The van der Waals surface area contributed by atoms with Crippen molar-refractivity contribution >= 4 is 19.8 Å². The Morgan fingerprint density at radius 1 is 0.680 bits per heavy atom. The predicted octanol–water partition coefficient (Wildman–Crippen LogP) is 10.4. The molecule has 9 nitrogen and oxygen atoms in total. The highest BCUT2D eigenvalue weighted by atomic mass is 31.2. The van der Waals surface area contributed by atoms with Gasteiger partial charge < -0.3 is 24.4 Å². The molecule has 0 saturated carbocycles. The van der Waals surface area contributed by atoms with Gasteiger partial charge in [0.1, 0.15) is 6.61 Å². The zero-order valence-electron chi connectivity index (χ0n) is 31.6. The van der Waals surface area contributed by atoms with Crippen LogP contribution < -0.4 is 0 Å². The van der Waals surface area contributed by atoms with Gasteiger partial charge in [-0.05, 0) is 50.9 Å². The molecule has 50 heavy (non-hydrogen) atoms. The van der Waals surface area contributed by atoms with Gasteiger partial charge in [-0.15, -0.1) is 0 Å². The number of ether oxygens (including phenoxy) is 2. The molecule has 0 bridgehead atoms. The van der Waals surface area contributed by atoms with Crippen molar-refractivity contribution in [3.63, 3.8) is 0 Å². The Kier molecular flexibility index (Phi) is 32.7. The molecule has 3 N–H and O–H groups in total. The number of carbonyl (C=O) groups excluding carboxylic acids is 2. The fourth-order valence-electron chi connectivity index (χ4n) is 5.16. The fourth-order valence-corrected chi connectivity index (χ4v) is 5.52. The molecular weight excluding hydrogens is 655 g/mol. The molecule has 0 rings (SSSR count). The van der Waals surface area contributed by atoms with E-state index in [-0.39, 0.29) is 19.4 Å². The Hall–Kier alpha value is -2.03. The average molecular weight is 727 g/mol. The molecule has 0 aliphatic rings. The Labute approximate surface area is 304 Å². The predicted molar refractivity (Wildman–Crippen MR) is 203 cm³/mol. The highest BCUT2D eigenvalue weighted by molar-refractivity contribution is 7.46. The zero-order valence-corrected chi connectivity index (χ0v) is 32.5. The summed E-state index contributed by atoms with van der Waals surface area (Å²) in [6.07, 6.45) is 35.8. The van der Waals surface area contributed by atoms with Crippen molar-refractivity contribution in [2.75, 3.05) is 13.2 Å². The van der Waals surface area contributed by atoms with Crippen LogP contribution in [-0.2, 0) is 28.2 Å². The second-order valence-corrected chi connectivity index (χ2v) is 14.6. The number of unbranched alkanes of at least 4 members (excludes halogenated alkanes) is 12. The number of phosphoric acid groups is 1. The minimum atomic E-state index is -4.80. The Balaban J connectivity index is 4.18. The molecule has 0 amide bonds. The average Bonchev–Trinajstić information content (AvgIpc) is 3.07. The maximum Gasteiger partial charge on any atom is 0.469 e. The molecule has 0 aliphatic heterocycles. The van der Waals surface area contributed by atoms with E-state index >= 15 is 0 Å². The van der Waals surface area contributed by atoms with E-state index in [1.807, 2.05) is 12.2 Å². The van der Waals surface area contributed by atoms with Crippen LogP contribution in [0.4, 0.5) is 0 Å². The van der Waals surface area contributed by atoms with E-state index in [2.05, 4.69) is 49.6 Å². The molecule has 0 aromatic heterocycles. The van der Waals surface area contributed by atoms with E-state index in [0.717, 1.165) is 44.4 Å². The quantitative estimate of drug-likeness (QED) is 0.0194. The van der Waals surface area contributed by atoms with Crippen molar-refractivity contribution in [3.05, 3.63) is 48.6 Å². The molecule has 0 aliphatic carbocycles. The third kappa shape index (κ3) is 35.8. The van der Waals surface area contributed by atoms with Gasteiger partial charge in [0.2, 0.25) is 0 Å². The van der Waals surface area contributed by atoms with Crippen LogP contribution in [0, 0.1) is 5.92 Å². The second kappa shape index (κ2) is 34.1. The smallest absolute Gasteiger partial charge is 0.462 e. The summed E-state index contributed by atoms with van der Waals surface area (Å²) in [4.78, 5) is 42.7. The first-order valence-electron chi connectivity index (χ1n) is 19.4. The molecule has 0 spiro atoms. The second-order valence-electron chi connectivity index (χ2n) is 13.4. The lowest BCUT2D eigenvalue weighted by Gasteiger charge is -2.18. The first-order chi connectivity index (χ1) is 24.1. The Morgan fingerprint density at radius 3 is 1.92 bits per heavy atom.